The molecule has 1 atom stereocenters. The van der Waals surface area contributed by atoms with Crippen molar-refractivity contribution in [1.29, 1.82) is 0 Å². The highest BCUT2D eigenvalue weighted by molar-refractivity contribution is 5.94. The summed E-state index contributed by atoms with van der Waals surface area (Å²) in [4.78, 5) is 17.7. The van der Waals surface area contributed by atoms with Crippen molar-refractivity contribution >= 4 is 5.91 Å². The summed E-state index contributed by atoms with van der Waals surface area (Å²) in [5.74, 6) is 6.77. The van der Waals surface area contributed by atoms with Gasteiger partial charge in [-0.3, -0.25) is 14.6 Å². The van der Waals surface area contributed by atoms with Crippen molar-refractivity contribution < 1.29 is 13.9 Å². The minimum absolute atomic E-state index is 0.0344. The fourth-order valence-electron chi connectivity index (χ4n) is 5.63. The van der Waals surface area contributed by atoms with Gasteiger partial charge in [-0.25, -0.2) is 4.39 Å². The molecule has 2 aliphatic heterocycles. The van der Waals surface area contributed by atoms with Gasteiger partial charge in [-0.15, -0.1) is 0 Å². The van der Waals surface area contributed by atoms with Crippen LogP contribution in [0.1, 0.15) is 59.7 Å². The van der Waals surface area contributed by atoms with Gasteiger partial charge in [-0.05, 0) is 98.9 Å². The molecule has 0 unspecified atom stereocenters. The predicted octanol–water partition coefficient (Wildman–Crippen LogP) is 5.48. The fourth-order valence-corrected chi connectivity index (χ4v) is 5.63. The summed E-state index contributed by atoms with van der Waals surface area (Å²) >= 11 is 0. The summed E-state index contributed by atoms with van der Waals surface area (Å²) in [5, 5.41) is 3.12. The highest BCUT2D eigenvalue weighted by Gasteiger charge is 2.24. The normalized spacial score (nSPS) is 18.2. The van der Waals surface area contributed by atoms with E-state index in [0.717, 1.165) is 68.9 Å². The number of rotatable bonds is 8. The van der Waals surface area contributed by atoms with Gasteiger partial charge in [0.15, 0.2) is 0 Å². The predicted molar refractivity (Wildman–Crippen MR) is 157 cm³/mol. The molecule has 1 amide bonds. The van der Waals surface area contributed by atoms with Gasteiger partial charge in [0.2, 0.25) is 0 Å². The second kappa shape index (κ2) is 13.6. The zero-order chi connectivity index (χ0) is 27.7. The van der Waals surface area contributed by atoms with Crippen LogP contribution in [-0.4, -0.2) is 60.6 Å². The van der Waals surface area contributed by atoms with Crippen LogP contribution in [0.2, 0.25) is 0 Å². The SMILES string of the molecule is CCN1CCC[C@@H]1CNC(=O)c1cccc(OC2CCN(Cc3cccc(C#Cc4ccc(F)cc4)c3)CC2)c1. The Morgan fingerprint density at radius 3 is 2.52 bits per heavy atom. The van der Waals surface area contributed by atoms with E-state index in [1.807, 2.05) is 36.4 Å². The number of carbonyl (C=O) groups excluding carboxylic acids is 1. The zero-order valence-corrected chi connectivity index (χ0v) is 23.2. The minimum atomic E-state index is -0.254. The molecule has 2 aliphatic rings. The molecule has 40 heavy (non-hydrogen) atoms. The Bertz CT molecular complexity index is 1340. The topological polar surface area (TPSA) is 44.8 Å². The van der Waals surface area contributed by atoms with E-state index in [2.05, 4.69) is 46.0 Å². The number of nitrogens with one attached hydrogen (secondary N) is 1. The molecule has 5 rings (SSSR count). The number of benzene rings is 3. The molecule has 2 fully saturated rings. The fraction of sp³-hybridized carbons (Fsp3) is 0.382. The van der Waals surface area contributed by atoms with Gasteiger partial charge < -0.3 is 10.1 Å². The lowest BCUT2D eigenvalue weighted by atomic mass is 10.1. The van der Waals surface area contributed by atoms with Crippen LogP contribution in [0.15, 0.2) is 72.8 Å². The molecular formula is C34H38FN3O2. The highest BCUT2D eigenvalue weighted by Crippen LogP contribution is 2.22. The molecule has 0 saturated carbocycles. The molecule has 0 bridgehead atoms. The Morgan fingerprint density at radius 2 is 1.73 bits per heavy atom. The third kappa shape index (κ3) is 7.71. The number of nitrogens with zero attached hydrogens (tertiary/aromatic N) is 2. The quantitative estimate of drug-likeness (QED) is 0.385. The van der Waals surface area contributed by atoms with E-state index >= 15 is 0 Å². The van der Waals surface area contributed by atoms with Crippen molar-refractivity contribution in [2.45, 2.75) is 51.3 Å². The summed E-state index contributed by atoms with van der Waals surface area (Å²) < 4.78 is 19.4. The smallest absolute Gasteiger partial charge is 0.251 e. The van der Waals surface area contributed by atoms with E-state index in [1.165, 1.54) is 24.1 Å². The van der Waals surface area contributed by atoms with Crippen molar-refractivity contribution in [3.05, 3.63) is 101 Å². The minimum Gasteiger partial charge on any atom is -0.490 e. The lowest BCUT2D eigenvalue weighted by Crippen LogP contribution is -2.40. The third-order valence-electron chi connectivity index (χ3n) is 7.87. The summed E-state index contributed by atoms with van der Waals surface area (Å²) in [6.45, 7) is 7.79. The number of amides is 1. The Labute approximate surface area is 237 Å². The Balaban J connectivity index is 1.09. The number of halogens is 1. The number of piperidine rings is 1. The summed E-state index contributed by atoms with van der Waals surface area (Å²) in [5.41, 5.74) is 3.63. The highest BCUT2D eigenvalue weighted by atomic mass is 19.1. The second-order valence-electron chi connectivity index (χ2n) is 10.7. The maximum absolute atomic E-state index is 13.1. The molecule has 208 valence electrons. The summed E-state index contributed by atoms with van der Waals surface area (Å²) in [6, 6.07) is 22.6. The van der Waals surface area contributed by atoms with Crippen molar-refractivity contribution in [3.8, 4) is 17.6 Å². The zero-order valence-electron chi connectivity index (χ0n) is 23.2. The van der Waals surface area contributed by atoms with Crippen LogP contribution in [0.25, 0.3) is 0 Å². The van der Waals surface area contributed by atoms with Crippen LogP contribution < -0.4 is 10.1 Å². The number of likely N-dealkylation sites (N-methyl/N-ethyl adjacent to an activating group) is 1. The van der Waals surface area contributed by atoms with Crippen LogP contribution in [0.4, 0.5) is 4.39 Å². The van der Waals surface area contributed by atoms with Gasteiger partial charge in [0.25, 0.3) is 5.91 Å². The molecule has 2 heterocycles. The largest absolute Gasteiger partial charge is 0.490 e. The van der Waals surface area contributed by atoms with E-state index in [9.17, 15) is 9.18 Å². The van der Waals surface area contributed by atoms with Gasteiger partial charge in [-0.1, -0.05) is 37.0 Å². The number of ether oxygens (including phenoxy) is 1. The van der Waals surface area contributed by atoms with Crippen molar-refractivity contribution in [1.82, 2.24) is 15.1 Å². The lowest BCUT2D eigenvalue weighted by Gasteiger charge is -2.32. The van der Waals surface area contributed by atoms with Crippen LogP contribution in [0.3, 0.4) is 0 Å². The molecule has 6 heteroatoms. The van der Waals surface area contributed by atoms with Crippen molar-refractivity contribution in [2.24, 2.45) is 0 Å². The van der Waals surface area contributed by atoms with Gasteiger partial charge in [0.05, 0.1) is 0 Å². The Hall–Kier alpha value is -3.66. The number of carbonyl (C=O) groups is 1. The molecule has 3 aromatic carbocycles. The first-order valence-corrected chi connectivity index (χ1v) is 14.4. The standard InChI is InChI=1S/C34H38FN3O2/c1-2-38-19-5-9-31(38)24-36-34(39)29-8-4-10-33(23-29)40-32-17-20-37(21-18-32)25-28-7-3-6-27(22-28)12-11-26-13-15-30(35)16-14-26/h3-4,6-8,10,13-16,22-23,31-32H,2,5,9,17-21,24-25H2,1H3,(H,36,39)/t31-/m1/s1. The molecule has 3 aromatic rings. The van der Waals surface area contributed by atoms with Crippen molar-refractivity contribution in [2.75, 3.05) is 32.7 Å². The van der Waals surface area contributed by atoms with Crippen LogP contribution >= 0.6 is 0 Å². The number of hydrogen-bond acceptors (Lipinski definition) is 4. The molecule has 0 radical (unpaired) electrons. The van der Waals surface area contributed by atoms with E-state index < -0.39 is 0 Å². The summed E-state index contributed by atoms with van der Waals surface area (Å²) in [6.07, 6.45) is 4.37. The molecule has 1 N–H and O–H groups in total. The second-order valence-corrected chi connectivity index (χ2v) is 10.7. The van der Waals surface area contributed by atoms with Crippen LogP contribution in [0.5, 0.6) is 5.75 Å². The van der Waals surface area contributed by atoms with Crippen LogP contribution in [-0.2, 0) is 6.54 Å². The van der Waals surface area contributed by atoms with Crippen LogP contribution in [0, 0.1) is 17.7 Å². The molecule has 0 aromatic heterocycles. The molecule has 0 spiro atoms. The maximum Gasteiger partial charge on any atom is 0.251 e. The maximum atomic E-state index is 13.1. The average Bonchev–Trinajstić information content (AvgIpc) is 3.45. The van der Waals surface area contributed by atoms with E-state index in [-0.39, 0.29) is 17.8 Å². The Morgan fingerprint density at radius 1 is 0.950 bits per heavy atom. The van der Waals surface area contributed by atoms with Crippen molar-refractivity contribution in [3.63, 3.8) is 0 Å². The van der Waals surface area contributed by atoms with E-state index in [4.69, 9.17) is 4.74 Å². The van der Waals surface area contributed by atoms with Gasteiger partial charge >= 0.3 is 0 Å². The Kier molecular flexibility index (Phi) is 9.49. The first-order chi connectivity index (χ1) is 19.6. The number of likely N-dealkylation sites (tertiary alicyclic amines) is 2. The lowest BCUT2D eigenvalue weighted by molar-refractivity contribution is 0.0928. The molecule has 0 aliphatic carbocycles. The number of hydrogen-bond donors (Lipinski definition) is 1. The van der Waals surface area contributed by atoms with Gasteiger partial charge in [0, 0.05) is 48.9 Å². The monoisotopic (exact) mass is 539 g/mol. The van der Waals surface area contributed by atoms with E-state index in [1.54, 1.807) is 12.1 Å². The molecule has 5 nitrogen and oxygen atoms in total. The van der Waals surface area contributed by atoms with E-state index in [0.29, 0.717) is 18.2 Å². The van der Waals surface area contributed by atoms with Gasteiger partial charge in [-0.2, -0.15) is 0 Å². The molecule has 2 saturated heterocycles. The third-order valence-corrected chi connectivity index (χ3v) is 7.87. The first-order valence-electron chi connectivity index (χ1n) is 14.4. The summed E-state index contributed by atoms with van der Waals surface area (Å²) in [7, 11) is 0. The molecular weight excluding hydrogens is 501 g/mol. The average molecular weight is 540 g/mol. The first kappa shape index (κ1) is 27.9. The van der Waals surface area contributed by atoms with Gasteiger partial charge in [0.1, 0.15) is 17.7 Å².